The smallest absolute Gasteiger partial charge is 0.253 e. The number of carbonyl (C=O) groups excluding carboxylic acids is 2. The lowest BCUT2D eigenvalue weighted by atomic mass is 9.88. The SMILES string of the molecule is CN=C(NCc1ccc(C(=O)N(C)C)cc1)NC1CCN(C(=O)C2CCCCC2)C1. The molecule has 1 saturated heterocycles. The largest absolute Gasteiger partial charge is 0.352 e. The molecule has 1 aromatic rings. The summed E-state index contributed by atoms with van der Waals surface area (Å²) in [5.74, 6) is 1.31. The van der Waals surface area contributed by atoms with Gasteiger partial charge in [-0.3, -0.25) is 14.6 Å². The van der Waals surface area contributed by atoms with E-state index in [0.717, 1.165) is 43.9 Å². The van der Waals surface area contributed by atoms with Crippen LogP contribution in [0.3, 0.4) is 0 Å². The Balaban J connectivity index is 1.46. The molecule has 0 radical (unpaired) electrons. The molecule has 0 bridgehead atoms. The summed E-state index contributed by atoms with van der Waals surface area (Å²) < 4.78 is 0. The van der Waals surface area contributed by atoms with Crippen LogP contribution in [-0.2, 0) is 11.3 Å². The van der Waals surface area contributed by atoms with Gasteiger partial charge in [-0.1, -0.05) is 31.4 Å². The number of nitrogens with one attached hydrogen (secondary N) is 2. The summed E-state index contributed by atoms with van der Waals surface area (Å²) in [7, 11) is 5.26. The standard InChI is InChI=1S/C23H35N5O2/c1-24-23(25-15-17-9-11-19(12-10-17)21(29)27(2)3)26-20-13-14-28(16-20)22(30)18-7-5-4-6-8-18/h9-12,18,20H,4-8,13-16H2,1-3H3,(H2,24,25,26). The lowest BCUT2D eigenvalue weighted by Crippen LogP contribution is -2.45. The zero-order chi connectivity index (χ0) is 21.5. The van der Waals surface area contributed by atoms with Crippen molar-refractivity contribution in [3.05, 3.63) is 35.4 Å². The summed E-state index contributed by atoms with van der Waals surface area (Å²) >= 11 is 0. The van der Waals surface area contributed by atoms with Crippen molar-refractivity contribution in [3.8, 4) is 0 Å². The van der Waals surface area contributed by atoms with Crippen LogP contribution in [0.25, 0.3) is 0 Å². The number of hydrogen-bond donors (Lipinski definition) is 2. The molecule has 2 N–H and O–H groups in total. The van der Waals surface area contributed by atoms with Crippen molar-refractivity contribution >= 4 is 17.8 Å². The van der Waals surface area contributed by atoms with Crippen molar-refractivity contribution in [3.63, 3.8) is 0 Å². The second-order valence-electron chi connectivity index (χ2n) is 8.57. The number of guanidine groups is 1. The second kappa shape index (κ2) is 10.5. The topological polar surface area (TPSA) is 77.0 Å². The van der Waals surface area contributed by atoms with Crippen LogP contribution in [0.2, 0.25) is 0 Å². The summed E-state index contributed by atoms with van der Waals surface area (Å²) in [6.07, 6.45) is 6.69. The average molecular weight is 414 g/mol. The molecule has 3 rings (SSSR count). The lowest BCUT2D eigenvalue weighted by Gasteiger charge is -2.26. The zero-order valence-corrected chi connectivity index (χ0v) is 18.5. The van der Waals surface area contributed by atoms with Crippen LogP contribution in [0.5, 0.6) is 0 Å². The van der Waals surface area contributed by atoms with Crippen LogP contribution in [0.1, 0.15) is 54.4 Å². The van der Waals surface area contributed by atoms with Crippen LogP contribution >= 0.6 is 0 Å². The Labute approximate surface area is 179 Å². The normalized spacial score (nSPS) is 20.2. The minimum absolute atomic E-state index is 0.000507. The van der Waals surface area contributed by atoms with E-state index in [4.69, 9.17) is 0 Å². The maximum Gasteiger partial charge on any atom is 0.253 e. The predicted octanol–water partition coefficient (Wildman–Crippen LogP) is 2.23. The second-order valence-corrected chi connectivity index (χ2v) is 8.57. The van der Waals surface area contributed by atoms with E-state index in [-0.39, 0.29) is 17.9 Å². The number of nitrogens with zero attached hydrogens (tertiary/aromatic N) is 3. The van der Waals surface area contributed by atoms with Gasteiger partial charge in [-0.25, -0.2) is 0 Å². The van der Waals surface area contributed by atoms with E-state index in [9.17, 15) is 9.59 Å². The summed E-state index contributed by atoms with van der Waals surface area (Å²) in [6.45, 7) is 2.19. The monoisotopic (exact) mass is 413 g/mol. The maximum absolute atomic E-state index is 12.8. The molecule has 1 saturated carbocycles. The Morgan fingerprint density at radius 2 is 1.80 bits per heavy atom. The van der Waals surface area contributed by atoms with E-state index < -0.39 is 0 Å². The fourth-order valence-corrected chi connectivity index (χ4v) is 4.28. The maximum atomic E-state index is 12.8. The van der Waals surface area contributed by atoms with E-state index in [2.05, 4.69) is 15.6 Å². The lowest BCUT2D eigenvalue weighted by molar-refractivity contribution is -0.135. The Bertz CT molecular complexity index is 753. The highest BCUT2D eigenvalue weighted by Crippen LogP contribution is 2.26. The van der Waals surface area contributed by atoms with Crippen LogP contribution in [0, 0.1) is 5.92 Å². The third kappa shape index (κ3) is 5.74. The molecule has 1 aliphatic carbocycles. The van der Waals surface area contributed by atoms with Gasteiger partial charge >= 0.3 is 0 Å². The van der Waals surface area contributed by atoms with Crippen LogP contribution in [0.15, 0.2) is 29.3 Å². The molecule has 30 heavy (non-hydrogen) atoms. The molecule has 1 aromatic carbocycles. The van der Waals surface area contributed by atoms with Crippen LogP contribution in [0.4, 0.5) is 0 Å². The number of amides is 2. The van der Waals surface area contributed by atoms with Crippen molar-refractivity contribution < 1.29 is 9.59 Å². The Hall–Kier alpha value is -2.57. The molecule has 1 atom stereocenters. The van der Waals surface area contributed by atoms with Crippen molar-refractivity contribution in [2.45, 2.75) is 51.1 Å². The molecule has 2 amide bonds. The number of hydrogen-bond acceptors (Lipinski definition) is 3. The van der Waals surface area contributed by atoms with Gasteiger partial charge in [-0.15, -0.1) is 0 Å². The highest BCUT2D eigenvalue weighted by atomic mass is 16.2. The van der Waals surface area contributed by atoms with Gasteiger partial charge in [0.1, 0.15) is 0 Å². The molecule has 1 heterocycles. The molecule has 7 nitrogen and oxygen atoms in total. The van der Waals surface area contributed by atoms with E-state index in [0.29, 0.717) is 18.0 Å². The quantitative estimate of drug-likeness (QED) is 0.573. The molecular weight excluding hydrogens is 378 g/mol. The first-order valence-electron chi connectivity index (χ1n) is 11.0. The molecule has 0 aromatic heterocycles. The molecule has 1 unspecified atom stereocenters. The van der Waals surface area contributed by atoms with Crippen molar-refractivity contribution in [1.29, 1.82) is 0 Å². The van der Waals surface area contributed by atoms with E-state index >= 15 is 0 Å². The first-order valence-corrected chi connectivity index (χ1v) is 11.0. The summed E-state index contributed by atoms with van der Waals surface area (Å²) in [6, 6.07) is 7.83. The molecule has 2 aliphatic rings. The van der Waals surface area contributed by atoms with Crippen molar-refractivity contribution in [2.75, 3.05) is 34.2 Å². The van der Waals surface area contributed by atoms with Gasteiger partial charge in [-0.2, -0.15) is 0 Å². The van der Waals surface area contributed by atoms with Gasteiger partial charge in [0.15, 0.2) is 5.96 Å². The number of likely N-dealkylation sites (tertiary alicyclic amines) is 1. The van der Waals surface area contributed by atoms with Gasteiger partial charge in [0.05, 0.1) is 0 Å². The molecule has 1 aliphatic heterocycles. The average Bonchev–Trinajstić information content (AvgIpc) is 3.25. The Morgan fingerprint density at radius 1 is 1.10 bits per heavy atom. The first kappa shape index (κ1) is 22.1. The third-order valence-corrected chi connectivity index (χ3v) is 6.09. The van der Waals surface area contributed by atoms with Crippen LogP contribution < -0.4 is 10.6 Å². The van der Waals surface area contributed by atoms with Gasteiger partial charge in [0.25, 0.3) is 5.91 Å². The van der Waals surface area contributed by atoms with Crippen molar-refractivity contribution in [1.82, 2.24) is 20.4 Å². The van der Waals surface area contributed by atoms with Gasteiger partial charge < -0.3 is 20.4 Å². The highest BCUT2D eigenvalue weighted by Gasteiger charge is 2.31. The van der Waals surface area contributed by atoms with Gasteiger partial charge in [-0.05, 0) is 37.0 Å². The summed E-state index contributed by atoms with van der Waals surface area (Å²) in [5, 5.41) is 6.78. The number of benzene rings is 1. The minimum Gasteiger partial charge on any atom is -0.352 e. The first-order chi connectivity index (χ1) is 14.5. The molecule has 2 fully saturated rings. The molecule has 7 heteroatoms. The minimum atomic E-state index is 0.000507. The zero-order valence-electron chi connectivity index (χ0n) is 18.5. The van der Waals surface area contributed by atoms with Crippen LogP contribution in [-0.4, -0.2) is 67.8 Å². The Kier molecular flexibility index (Phi) is 7.71. The third-order valence-electron chi connectivity index (χ3n) is 6.09. The Morgan fingerprint density at radius 3 is 2.43 bits per heavy atom. The van der Waals surface area contributed by atoms with Crippen molar-refractivity contribution in [2.24, 2.45) is 10.9 Å². The fourth-order valence-electron chi connectivity index (χ4n) is 4.28. The van der Waals surface area contributed by atoms with E-state index in [1.165, 1.54) is 19.3 Å². The number of aliphatic imine (C=N–C) groups is 1. The number of rotatable bonds is 5. The van der Waals surface area contributed by atoms with Gasteiger partial charge in [0.2, 0.25) is 5.91 Å². The fraction of sp³-hybridized carbons (Fsp3) is 0.609. The summed E-state index contributed by atoms with van der Waals surface area (Å²) in [4.78, 5) is 32.7. The highest BCUT2D eigenvalue weighted by molar-refractivity contribution is 5.93. The molecule has 164 valence electrons. The molecule has 0 spiro atoms. The van der Waals surface area contributed by atoms with E-state index in [1.54, 1.807) is 26.0 Å². The molecular formula is C23H35N5O2. The summed E-state index contributed by atoms with van der Waals surface area (Å²) in [5.41, 5.74) is 1.76. The van der Waals surface area contributed by atoms with E-state index in [1.807, 2.05) is 29.2 Å². The predicted molar refractivity (Wildman–Crippen MR) is 119 cm³/mol. The number of carbonyl (C=O) groups is 2. The van der Waals surface area contributed by atoms with Gasteiger partial charge in [0, 0.05) is 58.3 Å².